The monoisotopic (exact) mass is 182 g/mol. The molecule has 0 aliphatic heterocycles. The molecule has 11 heavy (non-hydrogen) atoms. The fourth-order valence-corrected chi connectivity index (χ4v) is 1.88. The molecule has 0 aliphatic carbocycles. The zero-order valence-corrected chi connectivity index (χ0v) is 7.35. The molecule has 0 aromatic carbocycles. The van der Waals surface area contributed by atoms with Crippen LogP contribution in [0.4, 0.5) is 0 Å². The standard InChI is InChI=1S/C7H6N2S2/c10-7-3-2-6(11-7)9-5-1-4-8-9/h1-5,10H. The maximum Gasteiger partial charge on any atom is 0.118 e. The predicted octanol–water partition coefficient (Wildman–Crippen LogP) is 2.22. The Kier molecular flexibility index (Phi) is 1.71. The SMILES string of the molecule is Sc1ccc(-n2cccn2)s1. The molecule has 0 unspecified atom stereocenters. The van der Waals surface area contributed by atoms with Gasteiger partial charge in [-0.2, -0.15) is 5.10 Å². The number of hydrogen-bond acceptors (Lipinski definition) is 3. The van der Waals surface area contributed by atoms with E-state index < -0.39 is 0 Å². The molecule has 2 heterocycles. The van der Waals surface area contributed by atoms with Crippen molar-refractivity contribution in [3.05, 3.63) is 30.6 Å². The van der Waals surface area contributed by atoms with E-state index in [0.29, 0.717) is 0 Å². The average Bonchev–Trinajstić information content (AvgIpc) is 2.55. The summed E-state index contributed by atoms with van der Waals surface area (Å²) >= 11 is 5.82. The lowest BCUT2D eigenvalue weighted by atomic mass is 10.6. The van der Waals surface area contributed by atoms with Crippen LogP contribution in [0, 0.1) is 0 Å². The molecule has 0 spiro atoms. The zero-order valence-electron chi connectivity index (χ0n) is 5.64. The Morgan fingerprint density at radius 2 is 2.36 bits per heavy atom. The molecule has 2 aromatic rings. The predicted molar refractivity (Wildman–Crippen MR) is 48.7 cm³/mol. The summed E-state index contributed by atoms with van der Waals surface area (Å²) in [6, 6.07) is 5.86. The van der Waals surface area contributed by atoms with Gasteiger partial charge in [0.25, 0.3) is 0 Å². The fourth-order valence-electron chi connectivity index (χ4n) is 0.840. The van der Waals surface area contributed by atoms with Crippen LogP contribution in [-0.2, 0) is 0 Å². The Labute approximate surface area is 73.9 Å². The maximum absolute atomic E-state index is 4.21. The van der Waals surface area contributed by atoms with Gasteiger partial charge in [-0.15, -0.1) is 24.0 Å². The Morgan fingerprint density at radius 1 is 1.45 bits per heavy atom. The van der Waals surface area contributed by atoms with E-state index in [0.717, 1.165) is 9.21 Å². The number of thiophene rings is 1. The molecule has 0 bridgehead atoms. The van der Waals surface area contributed by atoms with Crippen LogP contribution >= 0.6 is 24.0 Å². The normalized spacial score (nSPS) is 10.3. The summed E-state index contributed by atoms with van der Waals surface area (Å²) in [5, 5.41) is 5.19. The van der Waals surface area contributed by atoms with Crippen LogP contribution in [0.3, 0.4) is 0 Å². The number of rotatable bonds is 1. The lowest BCUT2D eigenvalue weighted by molar-refractivity contribution is 0.898. The van der Waals surface area contributed by atoms with Crippen molar-refractivity contribution in [3.63, 3.8) is 0 Å². The van der Waals surface area contributed by atoms with E-state index in [4.69, 9.17) is 0 Å². The van der Waals surface area contributed by atoms with Gasteiger partial charge in [-0.25, -0.2) is 4.68 Å². The van der Waals surface area contributed by atoms with E-state index >= 15 is 0 Å². The van der Waals surface area contributed by atoms with E-state index in [1.165, 1.54) is 0 Å². The Morgan fingerprint density at radius 3 is 2.91 bits per heavy atom. The highest BCUT2D eigenvalue weighted by Crippen LogP contribution is 2.22. The summed E-state index contributed by atoms with van der Waals surface area (Å²) in [7, 11) is 0. The summed E-state index contributed by atoms with van der Waals surface area (Å²) in [4.78, 5) is 0. The van der Waals surface area contributed by atoms with E-state index in [9.17, 15) is 0 Å². The fraction of sp³-hybridized carbons (Fsp3) is 0. The van der Waals surface area contributed by atoms with Crippen molar-refractivity contribution in [1.29, 1.82) is 0 Å². The lowest BCUT2D eigenvalue weighted by Gasteiger charge is -1.92. The highest BCUT2D eigenvalue weighted by molar-refractivity contribution is 7.83. The van der Waals surface area contributed by atoms with E-state index in [-0.39, 0.29) is 0 Å². The van der Waals surface area contributed by atoms with E-state index in [2.05, 4.69) is 17.7 Å². The lowest BCUT2D eigenvalue weighted by Crippen LogP contribution is -1.88. The van der Waals surface area contributed by atoms with Crippen molar-refractivity contribution in [3.8, 4) is 5.00 Å². The van der Waals surface area contributed by atoms with Crippen LogP contribution in [0.2, 0.25) is 0 Å². The third kappa shape index (κ3) is 1.32. The van der Waals surface area contributed by atoms with Crippen LogP contribution in [0.1, 0.15) is 0 Å². The number of hydrogen-bond donors (Lipinski definition) is 1. The van der Waals surface area contributed by atoms with Crippen LogP contribution in [0.15, 0.2) is 34.8 Å². The molecule has 2 rings (SSSR count). The molecular weight excluding hydrogens is 176 g/mol. The first-order valence-corrected chi connectivity index (χ1v) is 4.41. The van der Waals surface area contributed by atoms with Crippen molar-refractivity contribution < 1.29 is 0 Å². The molecule has 56 valence electrons. The van der Waals surface area contributed by atoms with Crippen molar-refractivity contribution in [2.75, 3.05) is 0 Å². The molecule has 0 atom stereocenters. The highest BCUT2D eigenvalue weighted by atomic mass is 32.2. The quantitative estimate of drug-likeness (QED) is 0.669. The first kappa shape index (κ1) is 6.94. The van der Waals surface area contributed by atoms with Gasteiger partial charge in [-0.05, 0) is 18.2 Å². The minimum absolute atomic E-state index is 1.01. The minimum Gasteiger partial charge on any atom is -0.231 e. The smallest absolute Gasteiger partial charge is 0.118 e. The molecule has 0 fully saturated rings. The number of aromatic nitrogens is 2. The maximum atomic E-state index is 4.21. The van der Waals surface area contributed by atoms with E-state index in [1.54, 1.807) is 17.5 Å². The van der Waals surface area contributed by atoms with Crippen molar-refractivity contribution in [2.24, 2.45) is 0 Å². The van der Waals surface area contributed by atoms with Gasteiger partial charge in [0.05, 0.1) is 4.21 Å². The van der Waals surface area contributed by atoms with Gasteiger partial charge in [0.1, 0.15) is 5.00 Å². The second-order valence-electron chi connectivity index (χ2n) is 2.06. The molecular formula is C7H6N2S2. The van der Waals surface area contributed by atoms with Gasteiger partial charge in [-0.1, -0.05) is 0 Å². The van der Waals surface area contributed by atoms with Crippen molar-refractivity contribution >= 4 is 24.0 Å². The van der Waals surface area contributed by atoms with Gasteiger partial charge < -0.3 is 0 Å². The highest BCUT2D eigenvalue weighted by Gasteiger charge is 1.97. The molecule has 0 saturated heterocycles. The first-order chi connectivity index (χ1) is 5.36. The van der Waals surface area contributed by atoms with Crippen molar-refractivity contribution in [1.82, 2.24) is 9.78 Å². The summed E-state index contributed by atoms with van der Waals surface area (Å²) in [5.41, 5.74) is 0. The molecule has 0 N–H and O–H groups in total. The van der Waals surface area contributed by atoms with Crippen LogP contribution in [0.25, 0.3) is 5.00 Å². The first-order valence-electron chi connectivity index (χ1n) is 3.15. The number of nitrogens with zero attached hydrogens (tertiary/aromatic N) is 2. The molecule has 0 radical (unpaired) electrons. The minimum atomic E-state index is 1.01. The summed E-state index contributed by atoms with van der Waals surface area (Å²) in [6.07, 6.45) is 3.68. The molecule has 2 aromatic heterocycles. The van der Waals surface area contributed by atoms with Crippen LogP contribution in [-0.4, -0.2) is 9.78 Å². The van der Waals surface area contributed by atoms with Gasteiger partial charge in [0, 0.05) is 12.4 Å². The topological polar surface area (TPSA) is 17.8 Å². The summed E-state index contributed by atoms with van der Waals surface area (Å²) in [6.45, 7) is 0. The average molecular weight is 182 g/mol. The molecule has 4 heteroatoms. The molecule has 0 amide bonds. The van der Waals surface area contributed by atoms with Crippen molar-refractivity contribution in [2.45, 2.75) is 4.21 Å². The molecule has 0 aliphatic rings. The van der Waals surface area contributed by atoms with Gasteiger partial charge in [-0.3, -0.25) is 0 Å². The zero-order chi connectivity index (χ0) is 7.68. The van der Waals surface area contributed by atoms with Gasteiger partial charge >= 0.3 is 0 Å². The van der Waals surface area contributed by atoms with Gasteiger partial charge in [0.2, 0.25) is 0 Å². The third-order valence-corrected chi connectivity index (χ3v) is 2.61. The van der Waals surface area contributed by atoms with Crippen LogP contribution in [0.5, 0.6) is 0 Å². The Hall–Kier alpha value is -0.740. The Balaban J connectivity index is 2.45. The van der Waals surface area contributed by atoms with E-state index in [1.807, 2.05) is 29.1 Å². The van der Waals surface area contributed by atoms with Gasteiger partial charge in [0.15, 0.2) is 0 Å². The molecule has 2 nitrogen and oxygen atoms in total. The Bertz CT molecular complexity index is 337. The largest absolute Gasteiger partial charge is 0.231 e. The second-order valence-corrected chi connectivity index (χ2v) is 3.91. The van der Waals surface area contributed by atoms with Crippen LogP contribution < -0.4 is 0 Å². The third-order valence-electron chi connectivity index (χ3n) is 1.31. The number of thiol groups is 1. The summed E-state index contributed by atoms with van der Waals surface area (Å²) < 4.78 is 2.83. The second kappa shape index (κ2) is 2.71. The molecule has 0 saturated carbocycles. The summed E-state index contributed by atoms with van der Waals surface area (Å²) in [5.74, 6) is 0.